The Hall–Kier alpha value is -2.43. The van der Waals surface area contributed by atoms with Crippen LogP contribution in [0.2, 0.25) is 0 Å². The molecule has 0 saturated carbocycles. The highest BCUT2D eigenvalue weighted by molar-refractivity contribution is 6.02. The van der Waals surface area contributed by atoms with Crippen LogP contribution >= 0.6 is 0 Å². The molecule has 0 amide bonds. The predicted octanol–water partition coefficient (Wildman–Crippen LogP) is 2.54. The van der Waals surface area contributed by atoms with Crippen molar-refractivity contribution in [3.05, 3.63) is 46.9 Å². The van der Waals surface area contributed by atoms with Gasteiger partial charge in [-0.2, -0.15) is 0 Å². The van der Waals surface area contributed by atoms with Gasteiger partial charge in [-0.05, 0) is 30.0 Å². The van der Waals surface area contributed by atoms with Gasteiger partial charge < -0.3 is 10.5 Å². The number of nitrogen functional groups attached to an aromatic ring is 1. The Bertz CT molecular complexity index is 711. The number of hydrogen-bond acceptors (Lipinski definition) is 5. The maximum atomic E-state index is 12.4. The molecular formula is C17H19N3O2. The van der Waals surface area contributed by atoms with Crippen LogP contribution in [-0.2, 0) is 12.8 Å². The first kappa shape index (κ1) is 14.5. The molecule has 1 aliphatic carbocycles. The molecule has 5 heteroatoms. The Morgan fingerprint density at radius 2 is 1.95 bits per heavy atom. The molecule has 0 aliphatic heterocycles. The smallest absolute Gasteiger partial charge is 0.169 e. The molecule has 1 atom stereocenters. The molecule has 0 radical (unpaired) electrons. The third kappa shape index (κ3) is 2.54. The second-order valence-electron chi connectivity index (χ2n) is 5.50. The molecule has 1 aromatic carbocycles. The van der Waals surface area contributed by atoms with E-state index < -0.39 is 0 Å². The largest absolute Gasteiger partial charge is 0.497 e. The van der Waals surface area contributed by atoms with Gasteiger partial charge >= 0.3 is 0 Å². The lowest BCUT2D eigenvalue weighted by Gasteiger charge is -2.24. The van der Waals surface area contributed by atoms with Gasteiger partial charge in [-0.15, -0.1) is 0 Å². The molecule has 2 aromatic rings. The summed E-state index contributed by atoms with van der Waals surface area (Å²) in [5, 5.41) is 0. The Morgan fingerprint density at radius 1 is 1.23 bits per heavy atom. The third-order valence-corrected chi connectivity index (χ3v) is 4.11. The number of aromatic nitrogens is 2. The number of ether oxygens (including phenoxy) is 1. The fraction of sp³-hybridized carbons (Fsp3) is 0.353. The van der Waals surface area contributed by atoms with Crippen molar-refractivity contribution in [2.75, 3.05) is 12.8 Å². The third-order valence-electron chi connectivity index (χ3n) is 4.11. The van der Waals surface area contributed by atoms with Crippen LogP contribution in [0.4, 0.5) is 5.82 Å². The van der Waals surface area contributed by atoms with Gasteiger partial charge in [0.2, 0.25) is 0 Å². The molecule has 1 aliphatic rings. The molecular weight excluding hydrogens is 278 g/mol. The topological polar surface area (TPSA) is 78.1 Å². The van der Waals surface area contributed by atoms with Crippen LogP contribution in [0.3, 0.4) is 0 Å². The summed E-state index contributed by atoms with van der Waals surface area (Å²) in [6.45, 7) is 1.98. The van der Waals surface area contributed by atoms with Crippen molar-refractivity contribution >= 4 is 11.6 Å². The summed E-state index contributed by atoms with van der Waals surface area (Å²) in [5.41, 5.74) is 8.36. The average Bonchev–Trinajstić information content (AvgIpc) is 2.54. The van der Waals surface area contributed by atoms with Crippen LogP contribution in [0.25, 0.3) is 0 Å². The highest BCUT2D eigenvalue weighted by Crippen LogP contribution is 2.34. The molecule has 1 aromatic heterocycles. The van der Waals surface area contributed by atoms with Gasteiger partial charge in [0.25, 0.3) is 0 Å². The van der Waals surface area contributed by atoms with Crippen molar-refractivity contribution in [2.24, 2.45) is 0 Å². The number of rotatable bonds is 3. The molecule has 2 N–H and O–H groups in total. The van der Waals surface area contributed by atoms with E-state index in [-0.39, 0.29) is 11.7 Å². The minimum Gasteiger partial charge on any atom is -0.497 e. The number of ketones is 1. The van der Waals surface area contributed by atoms with Gasteiger partial charge in [-0.1, -0.05) is 19.1 Å². The van der Waals surface area contributed by atoms with Crippen molar-refractivity contribution in [2.45, 2.75) is 32.1 Å². The Morgan fingerprint density at radius 3 is 2.59 bits per heavy atom. The molecule has 22 heavy (non-hydrogen) atoms. The Labute approximate surface area is 129 Å². The Kier molecular flexibility index (Phi) is 3.79. The number of methoxy groups -OCH3 is 1. The molecule has 114 valence electrons. The number of fused-ring (bicyclic) bond motifs is 1. The van der Waals surface area contributed by atoms with Crippen molar-refractivity contribution in [3.63, 3.8) is 0 Å². The molecule has 0 unspecified atom stereocenters. The number of carbonyl (C=O) groups excluding carboxylic acids is 1. The lowest BCUT2D eigenvalue weighted by molar-refractivity contribution is 0.0963. The van der Waals surface area contributed by atoms with Gasteiger partial charge in [0.15, 0.2) is 5.78 Å². The van der Waals surface area contributed by atoms with E-state index in [1.165, 1.54) is 0 Å². The summed E-state index contributed by atoms with van der Waals surface area (Å²) >= 11 is 0. The number of hydrogen-bond donors (Lipinski definition) is 1. The van der Waals surface area contributed by atoms with Crippen LogP contribution in [0.5, 0.6) is 5.75 Å². The average molecular weight is 297 g/mol. The normalized spacial score (nSPS) is 17.2. The highest BCUT2D eigenvalue weighted by Gasteiger charge is 2.30. The first-order chi connectivity index (χ1) is 10.6. The monoisotopic (exact) mass is 297 g/mol. The maximum Gasteiger partial charge on any atom is 0.169 e. The van der Waals surface area contributed by atoms with Crippen LogP contribution in [0.1, 0.15) is 46.7 Å². The molecule has 0 spiro atoms. The number of aryl methyl sites for hydroxylation is 1. The van der Waals surface area contributed by atoms with Crippen LogP contribution in [-0.4, -0.2) is 22.9 Å². The second kappa shape index (κ2) is 5.75. The molecule has 3 rings (SSSR count). The minimum absolute atomic E-state index is 0.0298. The zero-order valence-corrected chi connectivity index (χ0v) is 12.8. The van der Waals surface area contributed by atoms with Crippen molar-refractivity contribution in [1.29, 1.82) is 0 Å². The van der Waals surface area contributed by atoms with Gasteiger partial charge in [0, 0.05) is 12.8 Å². The van der Waals surface area contributed by atoms with Gasteiger partial charge in [-0.3, -0.25) is 4.79 Å². The highest BCUT2D eigenvalue weighted by atomic mass is 16.5. The number of nitrogens with two attached hydrogens (primary N) is 1. The standard InChI is InChI=1S/C17H19N3O2/c1-3-15-19-13-8-11(9-14(21)16(13)17(18)20-15)10-4-6-12(22-2)7-5-10/h4-7,11H,3,8-9H2,1-2H3,(H2,18,19,20)/t11-/m0/s1. The van der Waals surface area contributed by atoms with E-state index in [1.54, 1.807) is 7.11 Å². The number of benzene rings is 1. The first-order valence-electron chi connectivity index (χ1n) is 7.44. The number of Topliss-reactive ketones (excluding diaryl/α,β-unsaturated/α-hetero) is 1. The summed E-state index contributed by atoms with van der Waals surface area (Å²) in [4.78, 5) is 21.1. The SMILES string of the molecule is CCc1nc(N)c2c(n1)C[C@H](c1ccc(OC)cc1)CC2=O. The van der Waals surface area contributed by atoms with Crippen LogP contribution in [0.15, 0.2) is 24.3 Å². The van der Waals surface area contributed by atoms with Crippen molar-refractivity contribution in [1.82, 2.24) is 9.97 Å². The molecule has 5 nitrogen and oxygen atoms in total. The van der Waals surface area contributed by atoms with E-state index in [0.717, 1.165) is 17.0 Å². The number of nitrogens with zero attached hydrogens (tertiary/aromatic N) is 2. The van der Waals surface area contributed by atoms with E-state index in [9.17, 15) is 4.79 Å². The summed E-state index contributed by atoms with van der Waals surface area (Å²) < 4.78 is 5.18. The van der Waals surface area contributed by atoms with E-state index >= 15 is 0 Å². The molecule has 0 fully saturated rings. The first-order valence-corrected chi connectivity index (χ1v) is 7.44. The van der Waals surface area contributed by atoms with E-state index in [0.29, 0.717) is 36.5 Å². The van der Waals surface area contributed by atoms with Crippen molar-refractivity contribution in [3.8, 4) is 5.75 Å². The summed E-state index contributed by atoms with van der Waals surface area (Å²) in [6.07, 6.45) is 1.87. The minimum atomic E-state index is 0.0298. The fourth-order valence-corrected chi connectivity index (χ4v) is 2.93. The summed E-state index contributed by atoms with van der Waals surface area (Å²) in [5.74, 6) is 1.98. The number of carbonyl (C=O) groups is 1. The van der Waals surface area contributed by atoms with Crippen molar-refractivity contribution < 1.29 is 9.53 Å². The summed E-state index contributed by atoms with van der Waals surface area (Å²) in [7, 11) is 1.64. The van der Waals surface area contributed by atoms with Gasteiger partial charge in [0.1, 0.15) is 17.4 Å². The Balaban J connectivity index is 1.95. The van der Waals surface area contributed by atoms with Gasteiger partial charge in [0.05, 0.1) is 18.4 Å². The second-order valence-corrected chi connectivity index (χ2v) is 5.50. The molecule has 0 saturated heterocycles. The summed E-state index contributed by atoms with van der Waals surface area (Å²) in [6, 6.07) is 7.85. The lowest BCUT2D eigenvalue weighted by Crippen LogP contribution is -2.23. The zero-order valence-electron chi connectivity index (χ0n) is 12.8. The molecule has 0 bridgehead atoms. The zero-order chi connectivity index (χ0) is 15.7. The van der Waals surface area contributed by atoms with Gasteiger partial charge in [-0.25, -0.2) is 9.97 Å². The molecule has 1 heterocycles. The predicted molar refractivity (Wildman–Crippen MR) is 84.2 cm³/mol. The van der Waals surface area contributed by atoms with E-state index in [1.807, 2.05) is 31.2 Å². The maximum absolute atomic E-state index is 12.4. The quantitative estimate of drug-likeness (QED) is 0.942. The van der Waals surface area contributed by atoms with Crippen LogP contribution < -0.4 is 10.5 Å². The van der Waals surface area contributed by atoms with E-state index in [2.05, 4.69) is 9.97 Å². The number of anilines is 1. The van der Waals surface area contributed by atoms with E-state index in [4.69, 9.17) is 10.5 Å². The lowest BCUT2D eigenvalue weighted by atomic mass is 9.81. The fourth-order valence-electron chi connectivity index (χ4n) is 2.93. The van der Waals surface area contributed by atoms with Crippen LogP contribution in [0, 0.1) is 0 Å².